The van der Waals surface area contributed by atoms with Gasteiger partial charge in [0.05, 0.1) is 0 Å². The maximum Gasteiger partial charge on any atom is 0.00754 e. The Morgan fingerprint density at radius 1 is 1.10 bits per heavy atom. The summed E-state index contributed by atoms with van der Waals surface area (Å²) < 4.78 is 0. The second-order valence-corrected chi connectivity index (χ2v) is 8.79. The second-order valence-electron chi connectivity index (χ2n) is 8.79. The van der Waals surface area contributed by atoms with Crippen LogP contribution in [0.25, 0.3) is 0 Å². The van der Waals surface area contributed by atoms with Crippen molar-refractivity contribution in [2.45, 2.75) is 84.7 Å². The van der Waals surface area contributed by atoms with Crippen LogP contribution in [0.15, 0.2) is 12.2 Å². The van der Waals surface area contributed by atoms with Crippen LogP contribution in [0, 0.1) is 29.1 Å². The second kappa shape index (κ2) is 6.07. The molecule has 0 saturated heterocycles. The van der Waals surface area contributed by atoms with Crippen LogP contribution in [0.4, 0.5) is 0 Å². The van der Waals surface area contributed by atoms with Gasteiger partial charge in [-0.25, -0.2) is 0 Å². The molecular formula is C20H35N. The molecule has 120 valence electrons. The third-order valence-corrected chi connectivity index (χ3v) is 7.21. The largest absolute Gasteiger partial charge is 0.311 e. The highest BCUT2D eigenvalue weighted by molar-refractivity contribution is 5.11. The van der Waals surface area contributed by atoms with Crippen LogP contribution >= 0.6 is 0 Å². The first kappa shape index (κ1) is 15.6. The molecule has 0 amide bonds. The van der Waals surface area contributed by atoms with Gasteiger partial charge in [-0.15, -0.1) is 0 Å². The predicted octanol–water partition coefficient (Wildman–Crippen LogP) is 5.17. The van der Waals surface area contributed by atoms with Gasteiger partial charge in [0, 0.05) is 12.1 Å². The van der Waals surface area contributed by atoms with Crippen molar-refractivity contribution in [1.29, 1.82) is 0 Å². The molecule has 0 aromatic rings. The van der Waals surface area contributed by atoms with Gasteiger partial charge in [-0.3, -0.25) is 0 Å². The van der Waals surface area contributed by atoms with E-state index in [2.05, 4.69) is 45.2 Å². The van der Waals surface area contributed by atoms with Gasteiger partial charge in [-0.2, -0.15) is 0 Å². The summed E-state index contributed by atoms with van der Waals surface area (Å²) in [4.78, 5) is 0. The van der Waals surface area contributed by atoms with Gasteiger partial charge >= 0.3 is 0 Å². The molecule has 3 aliphatic rings. The van der Waals surface area contributed by atoms with Crippen molar-refractivity contribution in [2.75, 3.05) is 0 Å². The van der Waals surface area contributed by atoms with Crippen LogP contribution in [0.1, 0.15) is 72.6 Å². The highest BCUT2D eigenvalue weighted by Gasteiger charge is 2.39. The molecule has 4 atom stereocenters. The lowest BCUT2D eigenvalue weighted by Gasteiger charge is -2.40. The van der Waals surface area contributed by atoms with Gasteiger partial charge in [0.2, 0.25) is 0 Å². The Hall–Kier alpha value is -0.300. The molecule has 2 bridgehead atoms. The number of hydrogen-bond donors (Lipinski definition) is 1. The normalized spacial score (nSPS) is 40.7. The van der Waals surface area contributed by atoms with Crippen molar-refractivity contribution in [3.05, 3.63) is 12.2 Å². The molecule has 0 spiro atoms. The summed E-state index contributed by atoms with van der Waals surface area (Å²) in [6.07, 6.45) is 14.8. The molecule has 0 radical (unpaired) electrons. The molecular weight excluding hydrogens is 254 g/mol. The van der Waals surface area contributed by atoms with Gasteiger partial charge < -0.3 is 5.32 Å². The number of hydrogen-bond acceptors (Lipinski definition) is 1. The lowest BCUT2D eigenvalue weighted by atomic mass is 9.69. The number of rotatable bonds is 5. The zero-order valence-corrected chi connectivity index (χ0v) is 14.6. The molecule has 2 fully saturated rings. The van der Waals surface area contributed by atoms with E-state index in [0.717, 1.165) is 29.7 Å². The van der Waals surface area contributed by atoms with Gasteiger partial charge in [0.25, 0.3) is 0 Å². The molecule has 21 heavy (non-hydrogen) atoms. The molecule has 1 heteroatoms. The Morgan fingerprint density at radius 2 is 1.81 bits per heavy atom. The zero-order chi connectivity index (χ0) is 15.0. The summed E-state index contributed by atoms with van der Waals surface area (Å²) in [6, 6.07) is 1.50. The maximum atomic E-state index is 4.00. The molecule has 0 aromatic heterocycles. The van der Waals surface area contributed by atoms with E-state index in [-0.39, 0.29) is 0 Å². The minimum absolute atomic E-state index is 0.548. The zero-order valence-electron chi connectivity index (χ0n) is 14.6. The fraction of sp³-hybridized carbons (Fsp3) is 0.900. The van der Waals surface area contributed by atoms with Crippen LogP contribution in [0.3, 0.4) is 0 Å². The molecule has 2 saturated carbocycles. The number of fused-ring (bicyclic) bond motifs is 2. The Labute approximate surface area is 132 Å². The van der Waals surface area contributed by atoms with E-state index in [1.165, 1.54) is 44.9 Å². The molecule has 1 nitrogen and oxygen atoms in total. The topological polar surface area (TPSA) is 12.0 Å². The van der Waals surface area contributed by atoms with Crippen molar-refractivity contribution >= 4 is 0 Å². The third kappa shape index (κ3) is 3.23. The van der Waals surface area contributed by atoms with Gasteiger partial charge in [0.15, 0.2) is 0 Å². The molecule has 0 aliphatic heterocycles. The van der Waals surface area contributed by atoms with Crippen LogP contribution in [0.5, 0.6) is 0 Å². The summed E-state index contributed by atoms with van der Waals surface area (Å²) in [5.41, 5.74) is 0.548. The van der Waals surface area contributed by atoms with E-state index in [1.54, 1.807) is 0 Å². The Bertz CT molecular complexity index is 375. The monoisotopic (exact) mass is 289 g/mol. The molecule has 1 N–H and O–H groups in total. The van der Waals surface area contributed by atoms with Crippen LogP contribution in [-0.2, 0) is 0 Å². The summed E-state index contributed by atoms with van der Waals surface area (Å²) in [6.45, 7) is 9.74. The SMILES string of the molecule is CCC(C)(C)C1CCC(NC(C)C2CC3C=CC2C3)CC1. The van der Waals surface area contributed by atoms with Crippen molar-refractivity contribution in [3.63, 3.8) is 0 Å². The van der Waals surface area contributed by atoms with E-state index in [1.807, 2.05) is 0 Å². The van der Waals surface area contributed by atoms with Crippen LogP contribution in [-0.4, -0.2) is 12.1 Å². The highest BCUT2D eigenvalue weighted by atomic mass is 15.0. The fourth-order valence-electron chi connectivity index (χ4n) is 5.22. The summed E-state index contributed by atoms with van der Waals surface area (Å²) in [5.74, 6) is 3.64. The minimum Gasteiger partial charge on any atom is -0.311 e. The Balaban J connectivity index is 1.46. The quantitative estimate of drug-likeness (QED) is 0.688. The van der Waals surface area contributed by atoms with Crippen molar-refractivity contribution in [2.24, 2.45) is 29.1 Å². The van der Waals surface area contributed by atoms with E-state index >= 15 is 0 Å². The number of allylic oxidation sites excluding steroid dienone is 2. The lowest BCUT2D eigenvalue weighted by Crippen LogP contribution is -2.44. The Kier molecular flexibility index (Phi) is 4.50. The molecule has 0 aromatic carbocycles. The molecule has 3 aliphatic carbocycles. The smallest absolute Gasteiger partial charge is 0.00754 e. The van der Waals surface area contributed by atoms with E-state index in [4.69, 9.17) is 0 Å². The summed E-state index contributed by atoms with van der Waals surface area (Å²) in [5, 5.41) is 4.00. The lowest BCUT2D eigenvalue weighted by molar-refractivity contribution is 0.130. The van der Waals surface area contributed by atoms with Crippen LogP contribution < -0.4 is 5.32 Å². The number of nitrogens with one attached hydrogen (secondary N) is 1. The van der Waals surface area contributed by atoms with Crippen molar-refractivity contribution < 1.29 is 0 Å². The van der Waals surface area contributed by atoms with Gasteiger partial charge in [-0.1, -0.05) is 39.3 Å². The molecule has 3 rings (SSSR count). The summed E-state index contributed by atoms with van der Waals surface area (Å²) >= 11 is 0. The summed E-state index contributed by atoms with van der Waals surface area (Å²) in [7, 11) is 0. The first-order valence-corrected chi connectivity index (χ1v) is 9.44. The average molecular weight is 290 g/mol. The van der Waals surface area contributed by atoms with E-state index in [9.17, 15) is 0 Å². The maximum absolute atomic E-state index is 4.00. The third-order valence-electron chi connectivity index (χ3n) is 7.21. The van der Waals surface area contributed by atoms with Gasteiger partial charge in [0.1, 0.15) is 0 Å². The van der Waals surface area contributed by atoms with Gasteiger partial charge in [-0.05, 0) is 74.5 Å². The molecule has 4 unspecified atom stereocenters. The molecule has 0 heterocycles. The first-order chi connectivity index (χ1) is 9.99. The fourth-order valence-corrected chi connectivity index (χ4v) is 5.22. The van der Waals surface area contributed by atoms with Crippen LogP contribution in [0.2, 0.25) is 0 Å². The minimum atomic E-state index is 0.548. The van der Waals surface area contributed by atoms with E-state index in [0.29, 0.717) is 11.5 Å². The first-order valence-electron chi connectivity index (χ1n) is 9.44. The van der Waals surface area contributed by atoms with E-state index < -0.39 is 0 Å². The standard InChI is InChI=1S/C20H35N/c1-5-20(3,4)17-8-10-18(11-9-17)21-14(2)19-13-15-6-7-16(19)12-15/h6-7,14-19,21H,5,8-13H2,1-4H3. The Morgan fingerprint density at radius 3 is 2.33 bits per heavy atom. The van der Waals surface area contributed by atoms with Crippen molar-refractivity contribution in [1.82, 2.24) is 5.32 Å². The predicted molar refractivity (Wildman–Crippen MR) is 91.3 cm³/mol. The highest BCUT2D eigenvalue weighted by Crippen LogP contribution is 2.45. The van der Waals surface area contributed by atoms with Crippen molar-refractivity contribution in [3.8, 4) is 0 Å². The average Bonchev–Trinajstić information content (AvgIpc) is 3.10.